The Morgan fingerprint density at radius 3 is 2.67 bits per heavy atom. The van der Waals surface area contributed by atoms with Crippen molar-refractivity contribution in [3.8, 4) is 5.75 Å². The fourth-order valence-corrected chi connectivity index (χ4v) is 1.59. The third kappa shape index (κ3) is 3.03. The van der Waals surface area contributed by atoms with Crippen molar-refractivity contribution in [3.05, 3.63) is 18.2 Å². The fourth-order valence-electron chi connectivity index (χ4n) is 1.09. The van der Waals surface area contributed by atoms with Crippen LogP contribution in [0.5, 0.6) is 5.75 Å². The quantitative estimate of drug-likeness (QED) is 0.764. The molecule has 0 aliphatic rings. The van der Waals surface area contributed by atoms with E-state index in [0.29, 0.717) is 5.69 Å². The molecule has 1 aromatic rings. The molecule has 0 fully saturated rings. The number of carbonyl (C=O) groups is 1. The maximum absolute atomic E-state index is 10.9. The van der Waals surface area contributed by atoms with Crippen LogP contribution in [0.2, 0.25) is 0 Å². The highest BCUT2D eigenvalue weighted by molar-refractivity contribution is 7.79. The first kappa shape index (κ1) is 11.7. The average molecular weight is 229 g/mol. The smallest absolute Gasteiger partial charge is 0.221 e. The van der Waals surface area contributed by atoms with Gasteiger partial charge in [0.1, 0.15) is 10.6 Å². The van der Waals surface area contributed by atoms with Crippen LogP contribution in [0.15, 0.2) is 23.1 Å². The summed E-state index contributed by atoms with van der Waals surface area (Å²) in [5.74, 6) is 0.0528. The molecule has 1 atom stereocenters. The second-order valence-corrected chi connectivity index (χ2v) is 3.73. The van der Waals surface area contributed by atoms with Crippen LogP contribution in [0.25, 0.3) is 0 Å². The van der Waals surface area contributed by atoms with E-state index in [0.717, 1.165) is 0 Å². The normalized spacial score (nSPS) is 11.9. The van der Waals surface area contributed by atoms with Gasteiger partial charge >= 0.3 is 0 Å². The van der Waals surface area contributed by atoms with Crippen LogP contribution < -0.4 is 10.1 Å². The molecule has 0 heterocycles. The number of amides is 1. The van der Waals surface area contributed by atoms with E-state index in [1.165, 1.54) is 32.2 Å². The first-order valence-electron chi connectivity index (χ1n) is 4.11. The van der Waals surface area contributed by atoms with Crippen LogP contribution in [0.3, 0.4) is 0 Å². The highest BCUT2D eigenvalue weighted by Crippen LogP contribution is 2.25. The Morgan fingerprint density at radius 1 is 1.53 bits per heavy atom. The molecule has 0 bridgehead atoms. The lowest BCUT2D eigenvalue weighted by atomic mass is 10.3. The molecule has 2 N–H and O–H groups in total. The minimum Gasteiger partial charge on any atom is -0.495 e. The van der Waals surface area contributed by atoms with Crippen molar-refractivity contribution in [3.63, 3.8) is 0 Å². The van der Waals surface area contributed by atoms with E-state index >= 15 is 0 Å². The van der Waals surface area contributed by atoms with Crippen LogP contribution in [0, 0.1) is 0 Å². The van der Waals surface area contributed by atoms with Gasteiger partial charge in [0.15, 0.2) is 11.1 Å². The third-order valence-electron chi connectivity index (χ3n) is 1.67. The fraction of sp³-hybridized carbons (Fsp3) is 0.222. The number of rotatable bonds is 3. The second-order valence-electron chi connectivity index (χ2n) is 2.80. The summed E-state index contributed by atoms with van der Waals surface area (Å²) >= 11 is -2.10. The molecule has 0 radical (unpaired) electrons. The van der Waals surface area contributed by atoms with Gasteiger partial charge in [-0.3, -0.25) is 4.79 Å². The van der Waals surface area contributed by atoms with E-state index in [2.05, 4.69) is 5.32 Å². The summed E-state index contributed by atoms with van der Waals surface area (Å²) in [6, 6.07) is 4.46. The number of methoxy groups -OCH3 is 1. The minimum absolute atomic E-state index is 0.173. The van der Waals surface area contributed by atoms with Crippen LogP contribution in [-0.2, 0) is 15.9 Å². The van der Waals surface area contributed by atoms with Gasteiger partial charge in [-0.1, -0.05) is 0 Å². The van der Waals surface area contributed by atoms with E-state index in [4.69, 9.17) is 9.29 Å². The van der Waals surface area contributed by atoms with Crippen molar-refractivity contribution in [2.75, 3.05) is 12.4 Å². The molecular weight excluding hydrogens is 218 g/mol. The van der Waals surface area contributed by atoms with Gasteiger partial charge in [0.2, 0.25) is 5.91 Å². The van der Waals surface area contributed by atoms with Crippen molar-refractivity contribution in [2.45, 2.75) is 11.8 Å². The van der Waals surface area contributed by atoms with E-state index in [-0.39, 0.29) is 16.6 Å². The van der Waals surface area contributed by atoms with Crippen molar-refractivity contribution >= 4 is 22.7 Å². The van der Waals surface area contributed by atoms with Crippen LogP contribution in [0.4, 0.5) is 5.69 Å². The largest absolute Gasteiger partial charge is 0.495 e. The van der Waals surface area contributed by atoms with E-state index in [1.54, 1.807) is 0 Å². The Balaban J connectivity index is 3.07. The van der Waals surface area contributed by atoms with Crippen LogP contribution in [0.1, 0.15) is 6.92 Å². The lowest BCUT2D eigenvalue weighted by Gasteiger charge is -2.08. The standard InChI is InChI=1S/C9H11NO4S/c1-6(11)10-7-3-4-9(15(12)13)8(5-7)14-2/h3-5H,1-2H3,(H,10,11)(H,12,13). The first-order valence-corrected chi connectivity index (χ1v) is 5.21. The van der Waals surface area contributed by atoms with Gasteiger partial charge in [-0.25, -0.2) is 4.21 Å². The Labute approximate surface area is 89.7 Å². The third-order valence-corrected chi connectivity index (χ3v) is 2.39. The molecule has 82 valence electrons. The molecule has 0 saturated carbocycles. The van der Waals surface area contributed by atoms with Crippen LogP contribution in [-0.4, -0.2) is 21.8 Å². The summed E-state index contributed by atoms with van der Waals surface area (Å²) in [6.07, 6.45) is 0. The molecule has 0 spiro atoms. The molecule has 1 amide bonds. The molecule has 0 aliphatic heterocycles. The molecule has 0 saturated heterocycles. The van der Waals surface area contributed by atoms with Gasteiger partial charge in [-0.15, -0.1) is 0 Å². The number of hydrogen-bond acceptors (Lipinski definition) is 3. The zero-order chi connectivity index (χ0) is 11.4. The SMILES string of the molecule is COc1cc(NC(C)=O)ccc1S(=O)O. The zero-order valence-corrected chi connectivity index (χ0v) is 9.13. The van der Waals surface area contributed by atoms with Gasteiger partial charge in [0.05, 0.1) is 7.11 Å². The Morgan fingerprint density at radius 2 is 2.20 bits per heavy atom. The number of carbonyl (C=O) groups excluding carboxylic acids is 1. The monoisotopic (exact) mass is 229 g/mol. The Hall–Kier alpha value is -1.40. The lowest BCUT2D eigenvalue weighted by molar-refractivity contribution is -0.114. The van der Waals surface area contributed by atoms with Crippen molar-refractivity contribution in [2.24, 2.45) is 0 Å². The van der Waals surface area contributed by atoms with Gasteiger partial charge in [0.25, 0.3) is 0 Å². The van der Waals surface area contributed by atoms with Gasteiger partial charge < -0.3 is 14.6 Å². The van der Waals surface area contributed by atoms with Crippen molar-refractivity contribution < 1.29 is 18.3 Å². The Bertz CT molecular complexity index is 405. The topological polar surface area (TPSA) is 75.6 Å². The Kier molecular flexibility index (Phi) is 3.81. The maximum Gasteiger partial charge on any atom is 0.221 e. The van der Waals surface area contributed by atoms with Crippen molar-refractivity contribution in [1.29, 1.82) is 0 Å². The minimum atomic E-state index is -2.10. The van der Waals surface area contributed by atoms with Gasteiger partial charge in [0, 0.05) is 18.7 Å². The molecule has 0 aliphatic carbocycles. The lowest BCUT2D eigenvalue weighted by Crippen LogP contribution is -2.06. The van der Waals surface area contributed by atoms with E-state index in [9.17, 15) is 9.00 Å². The predicted octanol–water partition coefficient (Wildman–Crippen LogP) is 1.23. The number of ether oxygens (including phenoxy) is 1. The molecular formula is C9H11NO4S. The summed E-state index contributed by atoms with van der Waals surface area (Å²) in [5, 5.41) is 2.55. The van der Waals surface area contributed by atoms with Crippen molar-refractivity contribution in [1.82, 2.24) is 0 Å². The maximum atomic E-state index is 10.9. The summed E-state index contributed by atoms with van der Waals surface area (Å²) in [5.41, 5.74) is 0.522. The average Bonchev–Trinajstić information content (AvgIpc) is 2.16. The molecule has 1 aromatic carbocycles. The molecule has 1 unspecified atom stereocenters. The number of benzene rings is 1. The van der Waals surface area contributed by atoms with Gasteiger partial charge in [-0.2, -0.15) is 0 Å². The number of nitrogens with one attached hydrogen (secondary N) is 1. The molecule has 1 rings (SSSR count). The summed E-state index contributed by atoms with van der Waals surface area (Å²) in [6.45, 7) is 1.38. The number of hydrogen-bond donors (Lipinski definition) is 2. The van der Waals surface area contributed by atoms with Gasteiger partial charge in [-0.05, 0) is 12.1 Å². The second kappa shape index (κ2) is 4.90. The zero-order valence-electron chi connectivity index (χ0n) is 8.31. The summed E-state index contributed by atoms with van der Waals surface area (Å²) in [7, 11) is 1.39. The molecule has 6 heteroatoms. The molecule has 0 aromatic heterocycles. The van der Waals surface area contributed by atoms with Crippen LogP contribution >= 0.6 is 0 Å². The van der Waals surface area contributed by atoms with E-state index < -0.39 is 11.1 Å². The molecule has 15 heavy (non-hydrogen) atoms. The predicted molar refractivity (Wildman–Crippen MR) is 56.3 cm³/mol. The highest BCUT2D eigenvalue weighted by Gasteiger charge is 2.09. The summed E-state index contributed by atoms with van der Waals surface area (Å²) < 4.78 is 24.7. The number of anilines is 1. The summed E-state index contributed by atoms with van der Waals surface area (Å²) in [4.78, 5) is 10.9. The first-order chi connectivity index (χ1) is 7.04. The highest BCUT2D eigenvalue weighted by atomic mass is 32.2. The van der Waals surface area contributed by atoms with E-state index in [1.807, 2.05) is 0 Å². The molecule has 5 nitrogen and oxygen atoms in total.